The first-order valence-corrected chi connectivity index (χ1v) is 8.88. The fraction of sp³-hybridized carbons (Fsp3) is 0.238. The molecule has 1 heterocycles. The molecule has 3 aromatic rings. The number of alkyl halides is 2. The fourth-order valence-corrected chi connectivity index (χ4v) is 2.86. The lowest BCUT2D eigenvalue weighted by atomic mass is 10.1. The van der Waals surface area contributed by atoms with Gasteiger partial charge in [-0.05, 0) is 36.8 Å². The molecule has 0 unspecified atom stereocenters. The molecular formula is C21H19F2NO5. The molecule has 0 aliphatic carbocycles. The van der Waals surface area contributed by atoms with Crippen LogP contribution in [0.15, 0.2) is 57.7 Å². The highest BCUT2D eigenvalue weighted by molar-refractivity contribution is 5.93. The Morgan fingerprint density at radius 2 is 1.90 bits per heavy atom. The highest BCUT2D eigenvalue weighted by atomic mass is 19.3. The average Bonchev–Trinajstić information content (AvgIpc) is 2.69. The molecule has 0 N–H and O–H groups in total. The molecule has 1 amide bonds. The summed E-state index contributed by atoms with van der Waals surface area (Å²) >= 11 is 0. The second-order valence-corrected chi connectivity index (χ2v) is 6.22. The average molecular weight is 403 g/mol. The van der Waals surface area contributed by atoms with E-state index in [1.165, 1.54) is 17.0 Å². The van der Waals surface area contributed by atoms with Crippen molar-refractivity contribution in [1.29, 1.82) is 0 Å². The normalized spacial score (nSPS) is 10.9. The first kappa shape index (κ1) is 20.3. The predicted molar refractivity (Wildman–Crippen MR) is 103 cm³/mol. The minimum atomic E-state index is -2.97. The van der Waals surface area contributed by atoms with Gasteiger partial charge in [-0.15, -0.1) is 0 Å². The maximum absolute atomic E-state index is 12.7. The second kappa shape index (κ2) is 8.72. The van der Waals surface area contributed by atoms with Gasteiger partial charge in [-0.3, -0.25) is 9.59 Å². The Balaban J connectivity index is 1.82. The molecule has 0 atom stereocenters. The van der Waals surface area contributed by atoms with E-state index in [2.05, 4.69) is 4.74 Å². The molecule has 0 saturated heterocycles. The third-order valence-electron chi connectivity index (χ3n) is 4.14. The number of carbonyl (C=O) groups excluding carboxylic acids is 1. The quantitative estimate of drug-likeness (QED) is 0.595. The number of carbonyl (C=O) groups is 1. The lowest BCUT2D eigenvalue weighted by Gasteiger charge is -2.18. The van der Waals surface area contributed by atoms with Gasteiger partial charge in [0.15, 0.2) is 22.7 Å². The van der Waals surface area contributed by atoms with Gasteiger partial charge < -0.3 is 18.8 Å². The van der Waals surface area contributed by atoms with Crippen LogP contribution in [0, 0.1) is 0 Å². The fourth-order valence-electron chi connectivity index (χ4n) is 2.86. The first-order chi connectivity index (χ1) is 13.9. The van der Waals surface area contributed by atoms with Gasteiger partial charge in [0, 0.05) is 19.7 Å². The largest absolute Gasteiger partial charge is 0.490 e. The summed E-state index contributed by atoms with van der Waals surface area (Å²) < 4.78 is 40.4. The van der Waals surface area contributed by atoms with Crippen LogP contribution < -0.4 is 14.9 Å². The Kier molecular flexibility index (Phi) is 6.11. The zero-order valence-corrected chi connectivity index (χ0v) is 15.9. The number of fused-ring (bicyclic) bond motifs is 1. The molecule has 8 heteroatoms. The van der Waals surface area contributed by atoms with Gasteiger partial charge in [0.2, 0.25) is 0 Å². The molecule has 6 nitrogen and oxygen atoms in total. The van der Waals surface area contributed by atoms with E-state index in [0.717, 1.165) is 6.07 Å². The van der Waals surface area contributed by atoms with Gasteiger partial charge in [-0.1, -0.05) is 18.2 Å². The van der Waals surface area contributed by atoms with E-state index in [1.807, 2.05) is 0 Å². The van der Waals surface area contributed by atoms with Crippen LogP contribution in [-0.2, 0) is 6.54 Å². The SMILES string of the molecule is CCOc1cc(CN(C)C(=O)c2cc(=O)c3ccccc3o2)ccc1OC(F)F. The maximum Gasteiger partial charge on any atom is 0.387 e. The molecule has 152 valence electrons. The van der Waals surface area contributed by atoms with Crippen molar-refractivity contribution in [3.05, 3.63) is 70.1 Å². The number of benzene rings is 2. The van der Waals surface area contributed by atoms with Crippen molar-refractivity contribution in [2.75, 3.05) is 13.7 Å². The van der Waals surface area contributed by atoms with E-state index >= 15 is 0 Å². The number of hydrogen-bond acceptors (Lipinski definition) is 5. The minimum absolute atomic E-state index is 0.0832. The van der Waals surface area contributed by atoms with E-state index in [9.17, 15) is 18.4 Å². The van der Waals surface area contributed by atoms with Gasteiger partial charge in [0.25, 0.3) is 5.91 Å². The molecule has 1 aromatic heterocycles. The Morgan fingerprint density at radius 3 is 2.62 bits per heavy atom. The standard InChI is InChI=1S/C21H19F2NO5/c1-3-27-18-10-13(8-9-17(18)29-21(22)23)12-24(2)20(26)19-11-15(25)14-6-4-5-7-16(14)28-19/h4-11,21H,3,12H2,1-2H3. The zero-order chi connectivity index (χ0) is 21.0. The number of halogens is 2. The van der Waals surface area contributed by atoms with Crippen molar-refractivity contribution >= 4 is 16.9 Å². The van der Waals surface area contributed by atoms with E-state index in [0.29, 0.717) is 16.5 Å². The maximum atomic E-state index is 12.7. The van der Waals surface area contributed by atoms with Crippen LogP contribution in [0.1, 0.15) is 23.0 Å². The van der Waals surface area contributed by atoms with Crippen LogP contribution in [0.25, 0.3) is 11.0 Å². The highest BCUT2D eigenvalue weighted by Gasteiger charge is 2.18. The number of hydrogen-bond donors (Lipinski definition) is 0. The second-order valence-electron chi connectivity index (χ2n) is 6.22. The molecule has 0 radical (unpaired) electrons. The monoisotopic (exact) mass is 403 g/mol. The Labute approximate surface area is 165 Å². The van der Waals surface area contributed by atoms with Crippen molar-refractivity contribution in [3.63, 3.8) is 0 Å². The molecule has 0 spiro atoms. The summed E-state index contributed by atoms with van der Waals surface area (Å²) in [5, 5.41) is 0.391. The van der Waals surface area contributed by atoms with E-state index in [4.69, 9.17) is 9.15 Å². The van der Waals surface area contributed by atoms with Crippen LogP contribution in [0.5, 0.6) is 11.5 Å². The topological polar surface area (TPSA) is 69.0 Å². The molecule has 2 aromatic carbocycles. The summed E-state index contributed by atoms with van der Waals surface area (Å²) in [5.74, 6) is -0.499. The number of para-hydroxylation sites is 1. The highest BCUT2D eigenvalue weighted by Crippen LogP contribution is 2.30. The summed E-state index contributed by atoms with van der Waals surface area (Å²) in [4.78, 5) is 26.3. The third kappa shape index (κ3) is 4.71. The van der Waals surface area contributed by atoms with E-state index in [-0.39, 0.29) is 35.8 Å². The molecule has 0 bridgehead atoms. The summed E-state index contributed by atoms with van der Waals surface area (Å²) in [6.45, 7) is -0.846. The molecule has 0 aliphatic rings. The smallest absolute Gasteiger partial charge is 0.387 e. The van der Waals surface area contributed by atoms with Crippen LogP contribution in [0.3, 0.4) is 0 Å². The van der Waals surface area contributed by atoms with Crippen LogP contribution in [-0.4, -0.2) is 31.1 Å². The van der Waals surface area contributed by atoms with E-state index < -0.39 is 12.5 Å². The van der Waals surface area contributed by atoms with Crippen LogP contribution in [0.2, 0.25) is 0 Å². The van der Waals surface area contributed by atoms with Gasteiger partial charge >= 0.3 is 6.61 Å². The number of ether oxygens (including phenoxy) is 2. The Bertz CT molecular complexity index is 1080. The lowest BCUT2D eigenvalue weighted by Crippen LogP contribution is -2.27. The number of rotatable bonds is 7. The summed E-state index contributed by atoms with van der Waals surface area (Å²) in [5.41, 5.74) is 0.647. The molecular weight excluding hydrogens is 384 g/mol. The van der Waals surface area contributed by atoms with Crippen molar-refractivity contribution < 1.29 is 27.5 Å². The van der Waals surface area contributed by atoms with Gasteiger partial charge in [-0.2, -0.15) is 8.78 Å². The Morgan fingerprint density at radius 1 is 1.14 bits per heavy atom. The van der Waals surface area contributed by atoms with Gasteiger partial charge in [0.1, 0.15) is 5.58 Å². The number of nitrogens with zero attached hydrogens (tertiary/aromatic N) is 1. The third-order valence-corrected chi connectivity index (χ3v) is 4.14. The van der Waals surface area contributed by atoms with Crippen molar-refractivity contribution in [2.45, 2.75) is 20.1 Å². The minimum Gasteiger partial charge on any atom is -0.490 e. The summed E-state index contributed by atoms with van der Waals surface area (Å²) in [6, 6.07) is 12.3. The summed E-state index contributed by atoms with van der Waals surface area (Å²) in [7, 11) is 1.54. The van der Waals surface area contributed by atoms with E-state index in [1.54, 1.807) is 44.3 Å². The molecule has 29 heavy (non-hydrogen) atoms. The van der Waals surface area contributed by atoms with Crippen molar-refractivity contribution in [1.82, 2.24) is 4.90 Å². The predicted octanol–water partition coefficient (Wildman–Crippen LogP) is 4.07. The van der Waals surface area contributed by atoms with Crippen LogP contribution >= 0.6 is 0 Å². The van der Waals surface area contributed by atoms with Crippen molar-refractivity contribution in [2.24, 2.45) is 0 Å². The summed E-state index contributed by atoms with van der Waals surface area (Å²) in [6.07, 6.45) is 0. The molecule has 3 rings (SSSR count). The van der Waals surface area contributed by atoms with Gasteiger partial charge in [-0.25, -0.2) is 0 Å². The van der Waals surface area contributed by atoms with Crippen molar-refractivity contribution in [3.8, 4) is 11.5 Å². The first-order valence-electron chi connectivity index (χ1n) is 8.88. The Hall–Kier alpha value is -3.42. The molecule has 0 aliphatic heterocycles. The molecule has 0 fully saturated rings. The van der Waals surface area contributed by atoms with Gasteiger partial charge in [0.05, 0.1) is 12.0 Å². The number of amides is 1. The van der Waals surface area contributed by atoms with Crippen LogP contribution in [0.4, 0.5) is 8.78 Å². The zero-order valence-electron chi connectivity index (χ0n) is 15.9. The molecule has 0 saturated carbocycles. The lowest BCUT2D eigenvalue weighted by molar-refractivity contribution is -0.0514.